The van der Waals surface area contributed by atoms with E-state index in [2.05, 4.69) is 11.4 Å². The average molecular weight is 654 g/mol. The molecule has 1 saturated heterocycles. The minimum atomic E-state index is -5.11. The van der Waals surface area contributed by atoms with Crippen LogP contribution in [0.3, 0.4) is 0 Å². The number of carbonyl (C=O) groups is 2. The molecule has 1 heterocycles. The number of piperidine rings is 1. The van der Waals surface area contributed by atoms with Crippen LogP contribution >= 0.6 is 0 Å². The second-order valence-electron chi connectivity index (χ2n) is 15.0. The Kier molecular flexibility index (Phi) is 7.26. The van der Waals surface area contributed by atoms with Crippen LogP contribution in [0.15, 0.2) is 91.0 Å². The van der Waals surface area contributed by atoms with Crippen LogP contribution in [0.4, 0.5) is 13.2 Å². The number of nitrogens with one attached hydrogen (secondary N) is 1. The number of rotatable bonds is 8. The third-order valence-electron chi connectivity index (χ3n) is 11.9. The first-order valence-electron chi connectivity index (χ1n) is 17.0. The number of likely N-dealkylation sites (tertiary alicyclic amines) is 1. The van der Waals surface area contributed by atoms with Gasteiger partial charge in [0, 0.05) is 6.04 Å². The lowest BCUT2D eigenvalue weighted by Gasteiger charge is -2.63. The number of alkyl halides is 3. The zero-order valence-corrected chi connectivity index (χ0v) is 26.5. The van der Waals surface area contributed by atoms with E-state index in [1.54, 1.807) is 4.90 Å². The highest BCUT2D eigenvalue weighted by Gasteiger charge is 2.66. The number of hydrogen-bond donors (Lipinski definition) is 1. The number of halogens is 3. The zero-order chi connectivity index (χ0) is 33.3. The topological polar surface area (TPSA) is 82.4 Å². The molecule has 2 unspecified atom stereocenters. The number of nitrogens with zero attached hydrogens (tertiary/aromatic N) is 2. The number of esters is 1. The maximum Gasteiger partial charge on any atom is 0.490 e. The Hall–Kier alpha value is -4.16. The lowest BCUT2D eigenvalue weighted by Crippen LogP contribution is -2.69. The number of amides is 1. The first-order chi connectivity index (χ1) is 23.1. The molecule has 48 heavy (non-hydrogen) atoms. The molecular weight excluding hydrogens is 615 g/mol. The van der Waals surface area contributed by atoms with Crippen molar-refractivity contribution in [3.05, 3.63) is 108 Å². The van der Waals surface area contributed by atoms with Crippen LogP contribution in [0, 0.1) is 34.5 Å². The summed E-state index contributed by atoms with van der Waals surface area (Å²) in [6, 6.07) is 30.7. The van der Waals surface area contributed by atoms with Crippen molar-refractivity contribution in [2.75, 3.05) is 0 Å². The van der Waals surface area contributed by atoms with Gasteiger partial charge in [0.05, 0.1) is 17.6 Å². The van der Waals surface area contributed by atoms with E-state index in [4.69, 9.17) is 4.74 Å². The van der Waals surface area contributed by atoms with E-state index in [0.29, 0.717) is 32.1 Å². The Morgan fingerprint density at radius 3 is 1.81 bits per heavy atom. The third kappa shape index (κ3) is 5.03. The van der Waals surface area contributed by atoms with E-state index in [1.165, 1.54) is 0 Å². The molecule has 3 aromatic carbocycles. The fraction of sp³-hybridized carbons (Fsp3) is 0.462. The Morgan fingerprint density at radius 2 is 1.33 bits per heavy atom. The second kappa shape index (κ2) is 11.2. The quantitative estimate of drug-likeness (QED) is 0.212. The van der Waals surface area contributed by atoms with Gasteiger partial charge in [0.2, 0.25) is 5.91 Å². The van der Waals surface area contributed by atoms with Gasteiger partial charge in [-0.1, -0.05) is 91.0 Å². The van der Waals surface area contributed by atoms with E-state index in [-0.39, 0.29) is 36.1 Å². The van der Waals surface area contributed by atoms with Crippen molar-refractivity contribution in [1.82, 2.24) is 10.2 Å². The molecule has 248 valence electrons. The molecule has 3 aromatic rings. The summed E-state index contributed by atoms with van der Waals surface area (Å²) < 4.78 is 46.5. The van der Waals surface area contributed by atoms with Crippen molar-refractivity contribution in [3.63, 3.8) is 0 Å². The van der Waals surface area contributed by atoms with Crippen molar-refractivity contribution in [2.24, 2.45) is 23.2 Å². The van der Waals surface area contributed by atoms with Gasteiger partial charge >= 0.3 is 12.1 Å². The van der Waals surface area contributed by atoms with Gasteiger partial charge in [0.1, 0.15) is 11.6 Å². The summed E-state index contributed by atoms with van der Waals surface area (Å²) in [5.74, 6) is -2.02. The SMILES string of the molecule is N#C[C@@H]1C[C@@H]2C[C@@H]2N1C(=O)[C@@H](NC(c1ccccc1)(c1ccccc1)c1ccccc1)C12CC3CC(CC(OC(=O)C(F)(F)F)(C3)C1)C2. The molecule has 0 aromatic heterocycles. The highest BCUT2D eigenvalue weighted by atomic mass is 19.4. The molecule has 0 radical (unpaired) electrons. The molecule has 9 heteroatoms. The monoisotopic (exact) mass is 653 g/mol. The van der Waals surface area contributed by atoms with E-state index in [1.807, 2.05) is 91.0 Å². The number of ether oxygens (including phenoxy) is 1. The lowest BCUT2D eigenvalue weighted by molar-refractivity contribution is -0.241. The van der Waals surface area contributed by atoms with Gasteiger partial charge in [-0.15, -0.1) is 0 Å². The molecule has 0 spiro atoms. The molecule has 5 saturated carbocycles. The van der Waals surface area contributed by atoms with Crippen LogP contribution in [0.2, 0.25) is 0 Å². The maximum atomic E-state index is 15.3. The predicted molar refractivity (Wildman–Crippen MR) is 171 cm³/mol. The van der Waals surface area contributed by atoms with Crippen LogP contribution in [-0.4, -0.2) is 46.7 Å². The van der Waals surface area contributed by atoms with Crippen molar-refractivity contribution < 1.29 is 27.5 Å². The highest BCUT2D eigenvalue weighted by Crippen LogP contribution is 2.65. The van der Waals surface area contributed by atoms with E-state index >= 15 is 4.79 Å². The summed E-state index contributed by atoms with van der Waals surface area (Å²) in [5.41, 5.74) is -0.410. The standard InChI is InChI=1S/C39H38F3N3O3/c40-39(41,42)35(47)48-37-21-25-16-26(22-37)20-36(19-25,24-37)33(34(46)45-31(23-43)17-27-18-32(27)45)44-38(28-10-4-1-5-11-28,29-12-6-2-7-13-29)30-14-8-3-9-15-30/h1-15,25-27,31-33,44H,16-22,24H2/t25?,26?,27-,31+,32+,33-,36?,37?/m1/s1. The van der Waals surface area contributed by atoms with Gasteiger partial charge in [-0.3, -0.25) is 10.1 Å². The Labute approximate surface area is 278 Å². The first kappa shape index (κ1) is 31.1. The molecule has 9 rings (SSSR count). The van der Waals surface area contributed by atoms with Gasteiger partial charge in [0.25, 0.3) is 0 Å². The lowest BCUT2D eigenvalue weighted by atomic mass is 9.45. The van der Waals surface area contributed by atoms with Crippen molar-refractivity contribution in [1.29, 1.82) is 5.26 Å². The second-order valence-corrected chi connectivity index (χ2v) is 15.0. The molecule has 1 amide bonds. The Morgan fingerprint density at radius 1 is 0.812 bits per heavy atom. The molecule has 4 bridgehead atoms. The van der Waals surface area contributed by atoms with Gasteiger partial charge in [0.15, 0.2) is 0 Å². The molecule has 1 aliphatic heterocycles. The molecule has 1 N–H and O–H groups in total. The maximum absolute atomic E-state index is 15.3. The van der Waals surface area contributed by atoms with Crippen LogP contribution in [0.5, 0.6) is 0 Å². The Bertz CT molecular complexity index is 1630. The Balaban J connectivity index is 1.31. The predicted octanol–water partition coefficient (Wildman–Crippen LogP) is 6.89. The van der Waals surface area contributed by atoms with E-state index in [0.717, 1.165) is 29.5 Å². The minimum absolute atomic E-state index is 0.0166. The number of fused-ring (bicyclic) bond motifs is 1. The van der Waals surface area contributed by atoms with Crippen molar-refractivity contribution in [3.8, 4) is 6.07 Å². The number of nitriles is 1. The summed E-state index contributed by atoms with van der Waals surface area (Å²) in [6.45, 7) is 0. The summed E-state index contributed by atoms with van der Waals surface area (Å²) >= 11 is 0. The highest BCUT2D eigenvalue weighted by molar-refractivity contribution is 5.85. The van der Waals surface area contributed by atoms with Gasteiger partial charge < -0.3 is 9.64 Å². The van der Waals surface area contributed by atoms with Crippen LogP contribution < -0.4 is 5.32 Å². The smallest absolute Gasteiger partial charge is 0.452 e. The zero-order valence-electron chi connectivity index (χ0n) is 26.5. The molecule has 5 aliphatic carbocycles. The fourth-order valence-corrected chi connectivity index (χ4v) is 10.5. The number of hydrogen-bond acceptors (Lipinski definition) is 5. The van der Waals surface area contributed by atoms with E-state index in [9.17, 15) is 23.2 Å². The fourth-order valence-electron chi connectivity index (χ4n) is 10.5. The summed E-state index contributed by atoms with van der Waals surface area (Å²) in [7, 11) is 0. The molecule has 6 atom stereocenters. The van der Waals surface area contributed by atoms with Crippen molar-refractivity contribution in [2.45, 2.75) is 86.8 Å². The third-order valence-corrected chi connectivity index (χ3v) is 11.9. The summed E-state index contributed by atoms with van der Waals surface area (Å²) in [6.07, 6.45) is -0.637. The number of benzene rings is 3. The first-order valence-corrected chi connectivity index (χ1v) is 17.0. The summed E-state index contributed by atoms with van der Waals surface area (Å²) in [5, 5.41) is 14.2. The van der Waals surface area contributed by atoms with Gasteiger partial charge in [-0.2, -0.15) is 18.4 Å². The van der Waals surface area contributed by atoms with E-state index < -0.39 is 40.8 Å². The van der Waals surface area contributed by atoms with Crippen LogP contribution in [-0.2, 0) is 19.9 Å². The van der Waals surface area contributed by atoms with Gasteiger partial charge in [-0.25, -0.2) is 4.79 Å². The molecule has 6 aliphatic rings. The minimum Gasteiger partial charge on any atom is -0.452 e. The van der Waals surface area contributed by atoms with Gasteiger partial charge in [-0.05, 0) is 91.2 Å². The largest absolute Gasteiger partial charge is 0.490 e. The molecule has 6 nitrogen and oxygen atoms in total. The van der Waals surface area contributed by atoms with Crippen molar-refractivity contribution >= 4 is 11.9 Å². The number of carbonyl (C=O) groups excluding carboxylic acids is 2. The average Bonchev–Trinajstić information content (AvgIpc) is 3.74. The molecular formula is C39H38F3N3O3. The van der Waals surface area contributed by atoms with Crippen LogP contribution in [0.1, 0.15) is 68.1 Å². The normalized spacial score (nSPS) is 32.3. The summed E-state index contributed by atoms with van der Waals surface area (Å²) in [4.78, 5) is 29.5. The van der Waals surface area contributed by atoms with Crippen LogP contribution in [0.25, 0.3) is 0 Å². The molecule has 6 fully saturated rings.